The number of carbonyl (C=O) groups excluding carboxylic acids is 1. The van der Waals surface area contributed by atoms with Crippen LogP contribution in [0, 0.1) is 0 Å². The van der Waals surface area contributed by atoms with E-state index in [-0.39, 0.29) is 22.8 Å². The Hall–Kier alpha value is -1.99. The molecule has 2 aromatic rings. The number of carboxylic acids is 1. The molecule has 1 aliphatic heterocycles. The third-order valence-corrected chi connectivity index (χ3v) is 6.00. The average molecular weight is 377 g/mol. The Morgan fingerprint density at radius 2 is 2.12 bits per heavy atom. The first kappa shape index (κ1) is 17.8. The van der Waals surface area contributed by atoms with Gasteiger partial charge >= 0.3 is 5.97 Å². The third-order valence-electron chi connectivity index (χ3n) is 3.76. The van der Waals surface area contributed by atoms with Crippen molar-refractivity contribution in [2.75, 3.05) is 11.1 Å². The number of hydrogen-bond donors (Lipinski definition) is 2. The molecule has 3 rings (SSSR count). The van der Waals surface area contributed by atoms with Crippen molar-refractivity contribution in [1.82, 2.24) is 0 Å². The summed E-state index contributed by atoms with van der Waals surface area (Å²) in [6.07, 6.45) is 0.899. The maximum absolute atomic E-state index is 12.8. The van der Waals surface area contributed by atoms with Crippen molar-refractivity contribution in [2.24, 2.45) is 0 Å². The van der Waals surface area contributed by atoms with Crippen LogP contribution in [0.1, 0.15) is 39.9 Å². The minimum Gasteiger partial charge on any atom is -0.489 e. The van der Waals surface area contributed by atoms with Crippen molar-refractivity contribution in [3.63, 3.8) is 0 Å². The Morgan fingerprint density at radius 3 is 2.84 bits per heavy atom. The fraction of sp³-hybridized carbons (Fsp3) is 0.333. The number of rotatable bonds is 5. The molecule has 0 bridgehead atoms. The SMILES string of the molecule is CC(C)Oc1ccc(C(=O)O)cc1NC(=O)C1SCCc2sccc21. The van der Waals surface area contributed by atoms with Crippen molar-refractivity contribution in [3.05, 3.63) is 45.6 Å². The highest BCUT2D eigenvalue weighted by Gasteiger charge is 2.28. The molecule has 0 spiro atoms. The Bertz CT molecular complexity index is 800. The van der Waals surface area contributed by atoms with Crippen LogP contribution in [0.15, 0.2) is 29.6 Å². The van der Waals surface area contributed by atoms with E-state index >= 15 is 0 Å². The molecular formula is C18H19NO4S2. The molecule has 0 radical (unpaired) electrons. The molecule has 2 N–H and O–H groups in total. The Labute approximate surface area is 154 Å². The number of thiophene rings is 1. The van der Waals surface area contributed by atoms with Crippen molar-refractivity contribution < 1.29 is 19.4 Å². The second-order valence-electron chi connectivity index (χ2n) is 5.97. The summed E-state index contributed by atoms with van der Waals surface area (Å²) in [5, 5.41) is 13.8. The van der Waals surface area contributed by atoms with Gasteiger partial charge in [0.15, 0.2) is 0 Å². The van der Waals surface area contributed by atoms with Gasteiger partial charge in [0.05, 0.1) is 17.4 Å². The summed E-state index contributed by atoms with van der Waals surface area (Å²) < 4.78 is 5.71. The van der Waals surface area contributed by atoms with E-state index < -0.39 is 5.97 Å². The number of hydrogen-bond acceptors (Lipinski definition) is 5. The smallest absolute Gasteiger partial charge is 0.335 e. The Morgan fingerprint density at radius 1 is 1.32 bits per heavy atom. The van der Waals surface area contributed by atoms with Crippen LogP contribution in [0.25, 0.3) is 0 Å². The zero-order chi connectivity index (χ0) is 18.0. The molecule has 1 aromatic carbocycles. The van der Waals surface area contributed by atoms with E-state index in [1.165, 1.54) is 17.0 Å². The molecule has 1 aliphatic rings. The number of aromatic carboxylic acids is 1. The van der Waals surface area contributed by atoms with E-state index in [0.717, 1.165) is 17.7 Å². The normalized spacial score (nSPS) is 16.4. The zero-order valence-electron chi connectivity index (χ0n) is 13.9. The number of ether oxygens (including phenoxy) is 1. The first-order valence-electron chi connectivity index (χ1n) is 7.98. The van der Waals surface area contributed by atoms with Crippen LogP contribution >= 0.6 is 23.1 Å². The summed E-state index contributed by atoms with van der Waals surface area (Å²) in [5.74, 6) is 0.176. The van der Waals surface area contributed by atoms with Crippen LogP contribution in [-0.4, -0.2) is 28.8 Å². The minimum absolute atomic E-state index is 0.0844. The summed E-state index contributed by atoms with van der Waals surface area (Å²) in [4.78, 5) is 25.3. The van der Waals surface area contributed by atoms with Gasteiger partial charge in [-0.1, -0.05) is 0 Å². The second-order valence-corrected chi connectivity index (χ2v) is 8.19. The summed E-state index contributed by atoms with van der Waals surface area (Å²) in [6, 6.07) is 6.50. The monoisotopic (exact) mass is 377 g/mol. The molecule has 1 atom stereocenters. The molecule has 1 amide bonds. The first-order chi connectivity index (χ1) is 12.0. The Kier molecular flexibility index (Phi) is 5.34. The number of fused-ring (bicyclic) bond motifs is 1. The lowest BCUT2D eigenvalue weighted by atomic mass is 10.1. The minimum atomic E-state index is -1.04. The highest BCUT2D eigenvalue weighted by atomic mass is 32.2. The van der Waals surface area contributed by atoms with Crippen molar-refractivity contribution in [3.8, 4) is 5.75 Å². The summed E-state index contributed by atoms with van der Waals surface area (Å²) in [6.45, 7) is 3.76. The van der Waals surface area contributed by atoms with Gasteiger partial charge in [-0.05, 0) is 61.2 Å². The quantitative estimate of drug-likeness (QED) is 0.817. The molecule has 2 heterocycles. The third kappa shape index (κ3) is 3.99. The first-order valence-corrected chi connectivity index (χ1v) is 9.91. The molecule has 132 valence electrons. The topological polar surface area (TPSA) is 75.6 Å². The Balaban J connectivity index is 1.87. The van der Waals surface area contributed by atoms with E-state index in [1.807, 2.05) is 25.3 Å². The lowest BCUT2D eigenvalue weighted by Crippen LogP contribution is -2.23. The largest absolute Gasteiger partial charge is 0.489 e. The average Bonchev–Trinajstić information content (AvgIpc) is 3.04. The predicted octanol–water partition coefficient (Wildman–Crippen LogP) is 4.20. The molecule has 25 heavy (non-hydrogen) atoms. The molecule has 0 saturated carbocycles. The van der Waals surface area contributed by atoms with Crippen molar-refractivity contribution in [1.29, 1.82) is 0 Å². The van der Waals surface area contributed by atoms with E-state index in [9.17, 15) is 14.7 Å². The number of amides is 1. The van der Waals surface area contributed by atoms with E-state index in [4.69, 9.17) is 4.74 Å². The maximum atomic E-state index is 12.8. The van der Waals surface area contributed by atoms with Crippen LogP contribution in [0.2, 0.25) is 0 Å². The van der Waals surface area contributed by atoms with Gasteiger partial charge < -0.3 is 15.2 Å². The highest BCUT2D eigenvalue weighted by molar-refractivity contribution is 8.00. The number of carbonyl (C=O) groups is 2. The summed E-state index contributed by atoms with van der Waals surface area (Å²) in [5.41, 5.74) is 1.56. The molecule has 1 aromatic heterocycles. The van der Waals surface area contributed by atoms with Gasteiger partial charge in [0.1, 0.15) is 11.0 Å². The molecule has 0 fully saturated rings. The van der Waals surface area contributed by atoms with Gasteiger partial charge in [0.25, 0.3) is 0 Å². The molecule has 0 aliphatic carbocycles. The molecule has 7 heteroatoms. The van der Waals surface area contributed by atoms with Gasteiger partial charge in [-0.25, -0.2) is 4.79 Å². The van der Waals surface area contributed by atoms with Gasteiger partial charge in [-0.2, -0.15) is 0 Å². The number of nitrogens with one attached hydrogen (secondary N) is 1. The number of thioether (sulfide) groups is 1. The molecule has 1 unspecified atom stereocenters. The van der Waals surface area contributed by atoms with E-state index in [1.54, 1.807) is 29.2 Å². The molecular weight excluding hydrogens is 358 g/mol. The van der Waals surface area contributed by atoms with Crippen LogP contribution < -0.4 is 10.1 Å². The van der Waals surface area contributed by atoms with Gasteiger partial charge in [0, 0.05) is 4.88 Å². The van der Waals surface area contributed by atoms with E-state index in [0.29, 0.717) is 11.4 Å². The van der Waals surface area contributed by atoms with Crippen LogP contribution in [-0.2, 0) is 11.2 Å². The fourth-order valence-corrected chi connectivity index (χ4v) is 4.97. The standard InChI is InChI=1S/C18H19NO4S2/c1-10(2)23-14-4-3-11(18(21)22)9-13(14)19-17(20)16-12-5-7-24-15(12)6-8-25-16/h3-5,7,9-10,16H,6,8H2,1-2H3,(H,19,20)(H,21,22). The lowest BCUT2D eigenvalue weighted by molar-refractivity contribution is -0.115. The van der Waals surface area contributed by atoms with Crippen molar-refractivity contribution >= 4 is 40.7 Å². The van der Waals surface area contributed by atoms with Crippen LogP contribution in [0.4, 0.5) is 5.69 Å². The van der Waals surface area contributed by atoms with Crippen molar-refractivity contribution in [2.45, 2.75) is 31.6 Å². The number of carboxylic acid groups (broad SMARTS) is 1. The molecule has 0 saturated heterocycles. The van der Waals surface area contributed by atoms with Crippen LogP contribution in [0.5, 0.6) is 5.75 Å². The predicted molar refractivity (Wildman–Crippen MR) is 101 cm³/mol. The number of aryl methyl sites for hydroxylation is 1. The van der Waals surface area contributed by atoms with Gasteiger partial charge in [-0.3, -0.25) is 4.79 Å². The van der Waals surface area contributed by atoms with Gasteiger partial charge in [0.2, 0.25) is 5.91 Å². The maximum Gasteiger partial charge on any atom is 0.335 e. The van der Waals surface area contributed by atoms with E-state index in [2.05, 4.69) is 5.32 Å². The summed E-state index contributed by atoms with van der Waals surface area (Å²) >= 11 is 3.28. The number of benzene rings is 1. The highest BCUT2D eigenvalue weighted by Crippen LogP contribution is 2.40. The number of anilines is 1. The van der Waals surface area contributed by atoms with Crippen LogP contribution in [0.3, 0.4) is 0 Å². The lowest BCUT2D eigenvalue weighted by Gasteiger charge is -2.22. The second kappa shape index (κ2) is 7.49. The van der Waals surface area contributed by atoms with Gasteiger partial charge in [-0.15, -0.1) is 23.1 Å². The fourth-order valence-electron chi connectivity index (χ4n) is 2.68. The zero-order valence-corrected chi connectivity index (χ0v) is 15.6. The molecule has 5 nitrogen and oxygen atoms in total. The summed E-state index contributed by atoms with van der Waals surface area (Å²) in [7, 11) is 0.